The molecule has 4 heteroatoms. The van der Waals surface area contributed by atoms with E-state index in [4.69, 9.17) is 4.74 Å². The van der Waals surface area contributed by atoms with Crippen LogP contribution in [0.1, 0.15) is 18.5 Å². The van der Waals surface area contributed by atoms with E-state index in [1.165, 1.54) is 23.3 Å². The highest BCUT2D eigenvalue weighted by Gasteiger charge is 2.10. The predicted molar refractivity (Wildman–Crippen MR) is 86.8 cm³/mol. The lowest BCUT2D eigenvalue weighted by Gasteiger charge is -2.16. The van der Waals surface area contributed by atoms with E-state index in [9.17, 15) is 4.39 Å². The molecule has 0 radical (unpaired) electrons. The van der Waals surface area contributed by atoms with Gasteiger partial charge < -0.3 is 10.1 Å². The van der Waals surface area contributed by atoms with E-state index in [1.54, 1.807) is 17.4 Å². The number of anilines is 1. The number of rotatable bonds is 4. The maximum absolute atomic E-state index is 13.8. The molecule has 0 aliphatic rings. The summed E-state index contributed by atoms with van der Waals surface area (Å²) in [6, 6.07) is 13.4. The SMILES string of the molecule is COc1ccc(C(C)Nc2ccc3sccc3c2)cc1F. The zero-order chi connectivity index (χ0) is 14.8. The molecule has 0 aliphatic carbocycles. The second kappa shape index (κ2) is 5.74. The van der Waals surface area contributed by atoms with Gasteiger partial charge in [0.1, 0.15) is 0 Å². The Labute approximate surface area is 127 Å². The summed E-state index contributed by atoms with van der Waals surface area (Å²) >= 11 is 1.73. The van der Waals surface area contributed by atoms with Crippen LogP contribution in [-0.2, 0) is 0 Å². The van der Waals surface area contributed by atoms with Crippen LogP contribution in [0, 0.1) is 5.82 Å². The zero-order valence-electron chi connectivity index (χ0n) is 11.9. The van der Waals surface area contributed by atoms with Gasteiger partial charge in [-0.3, -0.25) is 0 Å². The smallest absolute Gasteiger partial charge is 0.165 e. The molecule has 108 valence electrons. The number of hydrogen-bond acceptors (Lipinski definition) is 3. The van der Waals surface area contributed by atoms with Crippen LogP contribution in [0.15, 0.2) is 47.8 Å². The van der Waals surface area contributed by atoms with Crippen molar-refractivity contribution in [2.75, 3.05) is 12.4 Å². The topological polar surface area (TPSA) is 21.3 Å². The third kappa shape index (κ3) is 2.85. The number of halogens is 1. The monoisotopic (exact) mass is 301 g/mol. The standard InChI is InChI=1S/C17H16FNOS/c1-11(12-3-5-16(20-2)15(18)10-12)19-14-4-6-17-13(9-14)7-8-21-17/h3-11,19H,1-2H3. The fourth-order valence-electron chi connectivity index (χ4n) is 2.34. The quantitative estimate of drug-likeness (QED) is 0.713. The highest BCUT2D eigenvalue weighted by atomic mass is 32.1. The van der Waals surface area contributed by atoms with Crippen molar-refractivity contribution in [2.45, 2.75) is 13.0 Å². The first-order chi connectivity index (χ1) is 10.2. The van der Waals surface area contributed by atoms with Gasteiger partial charge in [-0.15, -0.1) is 11.3 Å². The number of ether oxygens (including phenoxy) is 1. The highest BCUT2D eigenvalue weighted by Crippen LogP contribution is 2.28. The van der Waals surface area contributed by atoms with Gasteiger partial charge in [0.25, 0.3) is 0 Å². The van der Waals surface area contributed by atoms with Crippen LogP contribution in [0.2, 0.25) is 0 Å². The second-order valence-corrected chi connectivity index (χ2v) is 5.88. The molecule has 0 saturated heterocycles. The molecule has 0 aliphatic heterocycles. The lowest BCUT2D eigenvalue weighted by Crippen LogP contribution is -2.07. The summed E-state index contributed by atoms with van der Waals surface area (Å²) < 4.78 is 20.0. The van der Waals surface area contributed by atoms with Gasteiger partial charge in [0.2, 0.25) is 0 Å². The van der Waals surface area contributed by atoms with Gasteiger partial charge in [-0.2, -0.15) is 0 Å². The van der Waals surface area contributed by atoms with E-state index >= 15 is 0 Å². The molecule has 1 heterocycles. The van der Waals surface area contributed by atoms with Crippen LogP contribution in [0.25, 0.3) is 10.1 Å². The predicted octanol–water partition coefficient (Wildman–Crippen LogP) is 5.22. The fraction of sp³-hybridized carbons (Fsp3) is 0.176. The first-order valence-electron chi connectivity index (χ1n) is 6.74. The van der Waals surface area contributed by atoms with E-state index in [-0.39, 0.29) is 17.6 Å². The average Bonchev–Trinajstić information content (AvgIpc) is 2.94. The molecule has 2 aromatic carbocycles. The summed E-state index contributed by atoms with van der Waals surface area (Å²) in [7, 11) is 1.47. The van der Waals surface area contributed by atoms with Crippen molar-refractivity contribution in [3.63, 3.8) is 0 Å². The van der Waals surface area contributed by atoms with E-state index < -0.39 is 0 Å². The van der Waals surface area contributed by atoms with Gasteiger partial charge in [-0.05, 0) is 59.7 Å². The number of fused-ring (bicyclic) bond motifs is 1. The first-order valence-corrected chi connectivity index (χ1v) is 7.62. The van der Waals surface area contributed by atoms with Gasteiger partial charge in [0.15, 0.2) is 11.6 Å². The largest absolute Gasteiger partial charge is 0.494 e. The van der Waals surface area contributed by atoms with E-state index in [0.717, 1.165) is 11.3 Å². The van der Waals surface area contributed by atoms with Crippen LogP contribution in [0.3, 0.4) is 0 Å². The van der Waals surface area contributed by atoms with Crippen LogP contribution in [-0.4, -0.2) is 7.11 Å². The second-order valence-electron chi connectivity index (χ2n) is 4.93. The highest BCUT2D eigenvalue weighted by molar-refractivity contribution is 7.17. The van der Waals surface area contributed by atoms with Crippen LogP contribution in [0.4, 0.5) is 10.1 Å². The Hall–Kier alpha value is -2.07. The first kappa shape index (κ1) is 13.9. The fourth-order valence-corrected chi connectivity index (χ4v) is 3.11. The third-order valence-corrected chi connectivity index (χ3v) is 4.41. The molecule has 0 bridgehead atoms. The summed E-state index contributed by atoms with van der Waals surface area (Å²) in [5.74, 6) is -0.0671. The Morgan fingerprint density at radius 3 is 2.76 bits per heavy atom. The molecule has 1 atom stereocenters. The minimum Gasteiger partial charge on any atom is -0.494 e. The maximum atomic E-state index is 13.8. The molecular formula is C17H16FNOS. The maximum Gasteiger partial charge on any atom is 0.165 e. The summed E-state index contributed by atoms with van der Waals surface area (Å²) in [5, 5.41) is 6.70. The van der Waals surface area contributed by atoms with Gasteiger partial charge in [-0.1, -0.05) is 6.07 Å². The molecular weight excluding hydrogens is 285 g/mol. The summed E-state index contributed by atoms with van der Waals surface area (Å²) in [4.78, 5) is 0. The van der Waals surface area contributed by atoms with Crippen LogP contribution in [0.5, 0.6) is 5.75 Å². The number of thiophene rings is 1. The van der Waals surface area contributed by atoms with E-state index in [1.807, 2.05) is 13.0 Å². The minimum atomic E-state index is -0.336. The van der Waals surface area contributed by atoms with Gasteiger partial charge in [-0.25, -0.2) is 4.39 Å². The number of methoxy groups -OCH3 is 1. The Balaban J connectivity index is 1.81. The van der Waals surface area contributed by atoms with Crippen molar-refractivity contribution in [3.8, 4) is 5.75 Å². The lowest BCUT2D eigenvalue weighted by molar-refractivity contribution is 0.386. The van der Waals surface area contributed by atoms with Crippen molar-refractivity contribution >= 4 is 27.1 Å². The molecule has 0 saturated carbocycles. The van der Waals surface area contributed by atoms with Crippen molar-refractivity contribution in [2.24, 2.45) is 0 Å². The molecule has 0 amide bonds. The molecule has 21 heavy (non-hydrogen) atoms. The van der Waals surface area contributed by atoms with Gasteiger partial charge in [0.05, 0.1) is 7.11 Å². The van der Waals surface area contributed by atoms with Crippen molar-refractivity contribution in [1.29, 1.82) is 0 Å². The van der Waals surface area contributed by atoms with E-state index in [2.05, 4.69) is 35.0 Å². The Morgan fingerprint density at radius 1 is 1.14 bits per heavy atom. The average molecular weight is 301 g/mol. The molecule has 1 N–H and O–H groups in total. The van der Waals surface area contributed by atoms with E-state index in [0.29, 0.717) is 0 Å². The zero-order valence-corrected chi connectivity index (χ0v) is 12.7. The Bertz CT molecular complexity index is 768. The molecule has 3 rings (SSSR count). The third-order valence-electron chi connectivity index (χ3n) is 3.51. The molecule has 1 aromatic heterocycles. The summed E-state index contributed by atoms with van der Waals surface area (Å²) in [5.41, 5.74) is 1.92. The number of nitrogens with one attached hydrogen (secondary N) is 1. The van der Waals surface area contributed by atoms with Crippen molar-refractivity contribution < 1.29 is 9.13 Å². The van der Waals surface area contributed by atoms with Crippen molar-refractivity contribution in [3.05, 3.63) is 59.2 Å². The molecule has 3 aromatic rings. The van der Waals surface area contributed by atoms with Gasteiger partial charge >= 0.3 is 0 Å². The van der Waals surface area contributed by atoms with Crippen molar-refractivity contribution in [1.82, 2.24) is 0 Å². The minimum absolute atomic E-state index is 0.0153. The summed E-state index contributed by atoms with van der Waals surface area (Å²) in [6.07, 6.45) is 0. The Morgan fingerprint density at radius 2 is 2.00 bits per heavy atom. The van der Waals surface area contributed by atoms with Crippen LogP contribution < -0.4 is 10.1 Å². The normalized spacial score (nSPS) is 12.3. The lowest BCUT2D eigenvalue weighted by atomic mass is 10.1. The molecule has 1 unspecified atom stereocenters. The molecule has 2 nitrogen and oxygen atoms in total. The number of benzene rings is 2. The Kier molecular flexibility index (Phi) is 3.80. The molecule has 0 fully saturated rings. The number of hydrogen-bond donors (Lipinski definition) is 1. The van der Waals surface area contributed by atoms with Gasteiger partial charge in [0, 0.05) is 16.4 Å². The van der Waals surface area contributed by atoms with Crippen LogP contribution >= 0.6 is 11.3 Å². The summed E-state index contributed by atoms with van der Waals surface area (Å²) in [6.45, 7) is 2.01. The molecule has 0 spiro atoms.